The molecule has 2 atom stereocenters. The molecule has 1 saturated carbocycles. The summed E-state index contributed by atoms with van der Waals surface area (Å²) < 4.78 is 0. The Morgan fingerprint density at radius 1 is 1.40 bits per heavy atom. The molecule has 2 unspecified atom stereocenters. The van der Waals surface area contributed by atoms with Gasteiger partial charge in [-0.3, -0.25) is 4.79 Å². The van der Waals surface area contributed by atoms with Gasteiger partial charge in [0, 0.05) is 49.3 Å². The van der Waals surface area contributed by atoms with Gasteiger partial charge in [0.25, 0.3) is 5.91 Å². The van der Waals surface area contributed by atoms with Gasteiger partial charge in [0.1, 0.15) is 5.82 Å². The van der Waals surface area contributed by atoms with E-state index >= 15 is 0 Å². The Labute approximate surface area is 182 Å². The second-order valence-corrected chi connectivity index (χ2v) is 8.12. The second kappa shape index (κ2) is 8.49. The summed E-state index contributed by atoms with van der Waals surface area (Å²) in [5.74, 6) is 0.536. The molecule has 3 N–H and O–H groups in total. The fourth-order valence-corrected chi connectivity index (χ4v) is 4.69. The van der Waals surface area contributed by atoms with Crippen LogP contribution in [0.1, 0.15) is 49.2 Å². The van der Waals surface area contributed by atoms with E-state index in [1.807, 2.05) is 13.8 Å². The van der Waals surface area contributed by atoms with E-state index in [2.05, 4.69) is 21.4 Å². The van der Waals surface area contributed by atoms with Crippen LogP contribution in [0, 0.1) is 17.2 Å². The smallest absolute Gasteiger partial charge is 0.274 e. The number of nitrogens with zero attached hydrogens (tertiary/aromatic N) is 4. The number of hydrogen-bond donors (Lipinski definition) is 2. The highest BCUT2D eigenvalue weighted by atomic mass is 35.5. The summed E-state index contributed by atoms with van der Waals surface area (Å²) in [5.41, 5.74) is 8.47. The van der Waals surface area contributed by atoms with E-state index in [0.717, 1.165) is 37.2 Å². The van der Waals surface area contributed by atoms with Crippen LogP contribution in [-0.4, -0.2) is 41.4 Å². The van der Waals surface area contributed by atoms with Crippen molar-refractivity contribution in [1.82, 2.24) is 14.9 Å². The van der Waals surface area contributed by atoms with Crippen LogP contribution >= 0.6 is 11.6 Å². The Balaban J connectivity index is 0.00000124. The highest BCUT2D eigenvalue weighted by Crippen LogP contribution is 2.53. The van der Waals surface area contributed by atoms with Gasteiger partial charge in [-0.15, -0.1) is 0 Å². The molecule has 2 aromatic rings. The molecule has 4 rings (SSSR count). The van der Waals surface area contributed by atoms with E-state index in [9.17, 15) is 10.1 Å². The highest BCUT2D eigenvalue weighted by molar-refractivity contribution is 6.34. The molecule has 7 nitrogen and oxygen atoms in total. The number of nitriles is 1. The monoisotopic (exact) mass is 426 g/mol. The first-order valence-electron chi connectivity index (χ1n) is 10.2. The first-order chi connectivity index (χ1) is 14.4. The van der Waals surface area contributed by atoms with Crippen molar-refractivity contribution in [2.45, 2.75) is 38.5 Å². The van der Waals surface area contributed by atoms with E-state index in [0.29, 0.717) is 22.0 Å². The van der Waals surface area contributed by atoms with Gasteiger partial charge in [-0.2, -0.15) is 5.26 Å². The molecule has 1 fully saturated rings. The maximum absolute atomic E-state index is 12.4. The zero-order valence-electron chi connectivity index (χ0n) is 17.8. The number of amides is 1. The molecular formula is C22H27ClN6O. The summed E-state index contributed by atoms with van der Waals surface area (Å²) in [4.78, 5) is 22.9. The third-order valence-corrected chi connectivity index (χ3v) is 6.13. The molecule has 1 amide bonds. The molecule has 8 heteroatoms. The summed E-state index contributed by atoms with van der Waals surface area (Å²) in [5, 5.41) is 13.3. The molecule has 0 bridgehead atoms. The fraction of sp³-hybridized carbons (Fsp3) is 0.455. The van der Waals surface area contributed by atoms with Crippen molar-refractivity contribution in [3.8, 4) is 17.3 Å². The van der Waals surface area contributed by atoms with Crippen LogP contribution in [0.4, 0.5) is 11.5 Å². The molecule has 1 aliphatic heterocycles. The summed E-state index contributed by atoms with van der Waals surface area (Å²) >= 11 is 6.85. The summed E-state index contributed by atoms with van der Waals surface area (Å²) in [6.45, 7) is 4.73. The van der Waals surface area contributed by atoms with Gasteiger partial charge in [0.2, 0.25) is 0 Å². The lowest BCUT2D eigenvalue weighted by molar-refractivity contribution is 0.0823. The molecule has 30 heavy (non-hydrogen) atoms. The topological polar surface area (TPSA) is 108 Å². The number of carbonyl (C=O) groups is 1. The van der Waals surface area contributed by atoms with Gasteiger partial charge in [0.15, 0.2) is 5.69 Å². The number of anilines is 2. The lowest BCUT2D eigenvalue weighted by atomic mass is 9.80. The number of hydrogen-bond acceptors (Lipinski definition) is 6. The molecule has 3 heterocycles. The Morgan fingerprint density at radius 3 is 2.77 bits per heavy atom. The fourth-order valence-electron chi connectivity index (χ4n) is 4.25. The molecule has 2 aromatic heterocycles. The van der Waals surface area contributed by atoms with Crippen molar-refractivity contribution in [2.24, 2.45) is 5.92 Å². The van der Waals surface area contributed by atoms with Crippen LogP contribution in [0.5, 0.6) is 0 Å². The first-order valence-corrected chi connectivity index (χ1v) is 10.5. The number of fused-ring (bicyclic) bond motifs is 2. The predicted molar refractivity (Wildman–Crippen MR) is 119 cm³/mol. The average molecular weight is 427 g/mol. The molecular weight excluding hydrogens is 400 g/mol. The van der Waals surface area contributed by atoms with Gasteiger partial charge in [-0.1, -0.05) is 25.4 Å². The number of rotatable bonds is 2. The Bertz CT molecular complexity index is 1020. The highest BCUT2D eigenvalue weighted by Gasteiger charge is 2.47. The van der Waals surface area contributed by atoms with E-state index in [1.165, 1.54) is 4.90 Å². The third-order valence-electron chi connectivity index (χ3n) is 5.74. The Hall–Kier alpha value is -2.85. The second-order valence-electron chi connectivity index (χ2n) is 7.75. The van der Waals surface area contributed by atoms with Crippen LogP contribution in [0.15, 0.2) is 18.3 Å². The lowest BCUT2D eigenvalue weighted by Crippen LogP contribution is -2.25. The maximum atomic E-state index is 12.4. The van der Waals surface area contributed by atoms with Crippen molar-refractivity contribution >= 4 is 29.0 Å². The number of halogens is 1. The number of nitrogen functional groups attached to an aromatic ring is 1. The number of carbonyl (C=O) groups excluding carboxylic acids is 1. The molecule has 0 aromatic carbocycles. The molecule has 0 radical (unpaired) electrons. The van der Waals surface area contributed by atoms with Crippen molar-refractivity contribution in [3.05, 3.63) is 34.6 Å². The van der Waals surface area contributed by atoms with Crippen molar-refractivity contribution < 1.29 is 4.79 Å². The number of nitrogens with one attached hydrogen (secondary N) is 1. The van der Waals surface area contributed by atoms with Gasteiger partial charge >= 0.3 is 0 Å². The Morgan fingerprint density at radius 2 is 2.13 bits per heavy atom. The molecule has 158 valence electrons. The number of pyridine rings is 2. The normalized spacial score (nSPS) is 21.3. The molecule has 2 aliphatic rings. The predicted octanol–water partition coefficient (Wildman–Crippen LogP) is 4.09. The Kier molecular flexibility index (Phi) is 6.18. The van der Waals surface area contributed by atoms with Crippen LogP contribution in [0.25, 0.3) is 11.3 Å². The largest absolute Gasteiger partial charge is 0.397 e. The summed E-state index contributed by atoms with van der Waals surface area (Å²) in [6, 6.07) is 5.80. The van der Waals surface area contributed by atoms with E-state index in [-0.39, 0.29) is 22.9 Å². The van der Waals surface area contributed by atoms with Gasteiger partial charge < -0.3 is 16.0 Å². The molecule has 0 saturated heterocycles. The minimum absolute atomic E-state index is 0.0337. The van der Waals surface area contributed by atoms with E-state index < -0.39 is 0 Å². The zero-order chi connectivity index (χ0) is 22.1. The number of aromatic nitrogens is 2. The quantitative estimate of drug-likeness (QED) is 0.748. The van der Waals surface area contributed by atoms with Crippen molar-refractivity contribution in [3.63, 3.8) is 0 Å². The third kappa shape index (κ3) is 3.56. The van der Waals surface area contributed by atoms with Crippen LogP contribution in [0.2, 0.25) is 5.02 Å². The SMILES string of the molecule is CC.CN(C)C(=O)c1nc(-c2cnc3c(c2Cl)C2(CCC(C#N)C2)CN3)ccc1N. The summed E-state index contributed by atoms with van der Waals surface area (Å²) in [6.07, 6.45) is 4.20. The zero-order valence-corrected chi connectivity index (χ0v) is 18.5. The van der Waals surface area contributed by atoms with Gasteiger partial charge in [0.05, 0.1) is 22.5 Å². The van der Waals surface area contributed by atoms with Gasteiger partial charge in [-0.05, 0) is 31.4 Å². The van der Waals surface area contributed by atoms with Crippen molar-refractivity contribution in [2.75, 3.05) is 31.7 Å². The van der Waals surface area contributed by atoms with E-state index in [1.54, 1.807) is 32.4 Å². The first kappa shape index (κ1) is 21.8. The minimum atomic E-state index is -0.268. The minimum Gasteiger partial charge on any atom is -0.397 e. The van der Waals surface area contributed by atoms with Crippen molar-refractivity contribution in [1.29, 1.82) is 5.26 Å². The van der Waals surface area contributed by atoms with Crippen LogP contribution < -0.4 is 11.1 Å². The molecule has 1 aliphatic carbocycles. The van der Waals surface area contributed by atoms with E-state index in [4.69, 9.17) is 17.3 Å². The average Bonchev–Trinajstić information content (AvgIpc) is 3.34. The van der Waals surface area contributed by atoms with Crippen LogP contribution in [0.3, 0.4) is 0 Å². The van der Waals surface area contributed by atoms with Crippen LogP contribution in [-0.2, 0) is 5.41 Å². The molecule has 1 spiro atoms. The van der Waals surface area contributed by atoms with Gasteiger partial charge in [-0.25, -0.2) is 9.97 Å². The number of nitrogens with two attached hydrogens (primary N) is 1. The maximum Gasteiger partial charge on any atom is 0.274 e. The lowest BCUT2D eigenvalue weighted by Gasteiger charge is -2.24. The standard InChI is InChI=1S/C20H21ClN6O.C2H6/c1-27(2)19(28)17-13(23)3-4-14(26-17)12-9-24-18-15(16(12)21)20(10-25-18)6-5-11(7-20)8-22;1-2/h3-4,9,11H,5-7,10,23H2,1-2H3,(H,24,25);1-2H3. The summed E-state index contributed by atoms with van der Waals surface area (Å²) in [7, 11) is 3.31.